The average Bonchev–Trinajstić information content (AvgIpc) is 2.66. The Morgan fingerprint density at radius 1 is 1.31 bits per heavy atom. The molecule has 0 spiro atoms. The van der Waals surface area contributed by atoms with Gasteiger partial charge in [-0.25, -0.2) is 0 Å². The number of nitrogens with two attached hydrogens (primary N) is 1. The number of fused-ring (bicyclic) bond motifs is 1. The summed E-state index contributed by atoms with van der Waals surface area (Å²) >= 11 is 0. The van der Waals surface area contributed by atoms with Gasteiger partial charge in [0, 0.05) is 17.8 Å². The third kappa shape index (κ3) is 4.28. The van der Waals surface area contributed by atoms with Crippen molar-refractivity contribution < 1.29 is 24.5 Å². The van der Waals surface area contributed by atoms with Gasteiger partial charge in [0.25, 0.3) is 11.6 Å². The van der Waals surface area contributed by atoms with Gasteiger partial charge in [0.05, 0.1) is 4.92 Å². The number of anilines is 1. The SMILES string of the molecule is C[C@H]([NH2+]C[C@@H]1COc2ccccc2O1)C(=O)Nc1cccc([N+](=O)[O-])c1. The minimum Gasteiger partial charge on any atom is -0.486 e. The zero-order valence-electron chi connectivity index (χ0n) is 14.3. The molecule has 0 aliphatic carbocycles. The summed E-state index contributed by atoms with van der Waals surface area (Å²) in [6.45, 7) is 2.74. The van der Waals surface area contributed by atoms with Gasteiger partial charge in [0.15, 0.2) is 23.6 Å². The molecule has 2 atom stereocenters. The van der Waals surface area contributed by atoms with E-state index >= 15 is 0 Å². The monoisotopic (exact) mass is 358 g/mol. The molecule has 136 valence electrons. The van der Waals surface area contributed by atoms with Crippen LogP contribution in [0.3, 0.4) is 0 Å². The first-order valence-corrected chi connectivity index (χ1v) is 8.30. The summed E-state index contributed by atoms with van der Waals surface area (Å²) in [5.41, 5.74) is 0.335. The highest BCUT2D eigenvalue weighted by atomic mass is 16.6. The lowest BCUT2D eigenvalue weighted by atomic mass is 10.2. The molecule has 0 aromatic heterocycles. The number of rotatable bonds is 6. The third-order valence-corrected chi connectivity index (χ3v) is 4.06. The first-order valence-electron chi connectivity index (χ1n) is 8.30. The molecule has 1 heterocycles. The predicted octanol–water partition coefficient (Wildman–Crippen LogP) is 1.33. The van der Waals surface area contributed by atoms with E-state index in [0.29, 0.717) is 24.6 Å². The zero-order chi connectivity index (χ0) is 18.5. The van der Waals surface area contributed by atoms with Crippen molar-refractivity contribution in [2.45, 2.75) is 19.1 Å². The van der Waals surface area contributed by atoms with E-state index in [4.69, 9.17) is 9.47 Å². The van der Waals surface area contributed by atoms with E-state index in [9.17, 15) is 14.9 Å². The minimum atomic E-state index is -0.497. The van der Waals surface area contributed by atoms with Crippen molar-refractivity contribution in [2.24, 2.45) is 0 Å². The topological polar surface area (TPSA) is 107 Å². The molecule has 0 fully saturated rings. The number of amides is 1. The van der Waals surface area contributed by atoms with Crippen LogP contribution in [0.1, 0.15) is 6.92 Å². The number of nitrogens with zero attached hydrogens (tertiary/aromatic N) is 1. The predicted molar refractivity (Wildman–Crippen MR) is 94.3 cm³/mol. The van der Waals surface area contributed by atoms with Crippen LogP contribution in [0.15, 0.2) is 48.5 Å². The molecule has 2 aromatic rings. The van der Waals surface area contributed by atoms with Gasteiger partial charge in [-0.15, -0.1) is 0 Å². The van der Waals surface area contributed by atoms with Gasteiger partial charge in [-0.3, -0.25) is 14.9 Å². The molecule has 0 saturated heterocycles. The molecule has 0 saturated carbocycles. The van der Waals surface area contributed by atoms with Gasteiger partial charge in [-0.05, 0) is 25.1 Å². The molecule has 8 nitrogen and oxygen atoms in total. The second-order valence-corrected chi connectivity index (χ2v) is 6.05. The zero-order valence-corrected chi connectivity index (χ0v) is 14.3. The van der Waals surface area contributed by atoms with E-state index in [-0.39, 0.29) is 23.7 Å². The van der Waals surface area contributed by atoms with E-state index in [0.717, 1.165) is 5.75 Å². The summed E-state index contributed by atoms with van der Waals surface area (Å²) in [5.74, 6) is 1.19. The summed E-state index contributed by atoms with van der Waals surface area (Å²) in [6.07, 6.45) is -0.155. The van der Waals surface area contributed by atoms with E-state index in [2.05, 4.69) is 5.32 Å². The Hall–Kier alpha value is -3.13. The lowest BCUT2D eigenvalue weighted by molar-refractivity contribution is -0.678. The molecule has 3 rings (SSSR count). The summed E-state index contributed by atoms with van der Waals surface area (Å²) in [5, 5.41) is 15.3. The van der Waals surface area contributed by atoms with Crippen molar-refractivity contribution in [3.63, 3.8) is 0 Å². The Bertz CT molecular complexity index is 811. The highest BCUT2D eigenvalue weighted by Gasteiger charge is 2.25. The van der Waals surface area contributed by atoms with Gasteiger partial charge < -0.3 is 20.1 Å². The average molecular weight is 358 g/mol. The van der Waals surface area contributed by atoms with E-state index in [1.165, 1.54) is 18.2 Å². The van der Waals surface area contributed by atoms with Crippen LogP contribution in [0.25, 0.3) is 0 Å². The van der Waals surface area contributed by atoms with Crippen molar-refractivity contribution in [3.8, 4) is 11.5 Å². The van der Waals surface area contributed by atoms with Gasteiger partial charge in [-0.2, -0.15) is 0 Å². The molecule has 8 heteroatoms. The van der Waals surface area contributed by atoms with Crippen molar-refractivity contribution in [2.75, 3.05) is 18.5 Å². The number of ether oxygens (including phenoxy) is 2. The molecule has 2 aromatic carbocycles. The molecule has 0 radical (unpaired) electrons. The number of non-ortho nitro benzene ring substituents is 1. The molecule has 26 heavy (non-hydrogen) atoms. The number of quaternary nitrogens is 1. The van der Waals surface area contributed by atoms with E-state index in [1.807, 2.05) is 29.6 Å². The second kappa shape index (κ2) is 7.83. The molecule has 1 amide bonds. The van der Waals surface area contributed by atoms with Crippen LogP contribution in [-0.4, -0.2) is 36.1 Å². The molecule has 1 aliphatic rings. The normalized spacial score (nSPS) is 16.6. The summed E-state index contributed by atoms with van der Waals surface area (Å²) in [6, 6.07) is 12.9. The number of nitro benzene ring substituents is 1. The summed E-state index contributed by atoms with van der Waals surface area (Å²) in [4.78, 5) is 22.6. The van der Waals surface area contributed by atoms with Crippen molar-refractivity contribution in [3.05, 3.63) is 58.6 Å². The number of para-hydroxylation sites is 2. The molecular formula is C18H20N3O5+. The van der Waals surface area contributed by atoms with E-state index in [1.54, 1.807) is 13.0 Å². The number of benzene rings is 2. The fraction of sp³-hybridized carbons (Fsp3) is 0.278. The largest absolute Gasteiger partial charge is 0.486 e. The number of nitrogens with one attached hydrogen (secondary N) is 1. The number of carbonyl (C=O) groups excluding carboxylic acids is 1. The van der Waals surface area contributed by atoms with Gasteiger partial charge >= 0.3 is 0 Å². The summed E-state index contributed by atoms with van der Waals surface area (Å²) in [7, 11) is 0. The van der Waals surface area contributed by atoms with Crippen molar-refractivity contribution in [1.29, 1.82) is 0 Å². The molecule has 3 N–H and O–H groups in total. The van der Waals surface area contributed by atoms with Gasteiger partial charge in [0.1, 0.15) is 13.2 Å². The first-order chi connectivity index (χ1) is 12.5. The smallest absolute Gasteiger partial charge is 0.282 e. The van der Waals surface area contributed by atoms with E-state index < -0.39 is 4.92 Å². The van der Waals surface area contributed by atoms with Crippen LogP contribution in [0, 0.1) is 10.1 Å². The molecule has 0 bridgehead atoms. The second-order valence-electron chi connectivity index (χ2n) is 6.05. The highest BCUT2D eigenvalue weighted by molar-refractivity contribution is 5.93. The lowest BCUT2D eigenvalue weighted by Crippen LogP contribution is -2.93. The van der Waals surface area contributed by atoms with Crippen LogP contribution in [0.4, 0.5) is 11.4 Å². The minimum absolute atomic E-state index is 0.0640. The van der Waals surface area contributed by atoms with Crippen LogP contribution in [0.5, 0.6) is 11.5 Å². The number of hydrogen-bond acceptors (Lipinski definition) is 5. The maximum Gasteiger partial charge on any atom is 0.282 e. The van der Waals surface area contributed by atoms with Crippen LogP contribution in [-0.2, 0) is 4.79 Å². The Labute approximate surface area is 150 Å². The summed E-state index contributed by atoms with van der Waals surface area (Å²) < 4.78 is 11.5. The fourth-order valence-corrected chi connectivity index (χ4v) is 2.60. The molecule has 1 aliphatic heterocycles. The lowest BCUT2D eigenvalue weighted by Gasteiger charge is -2.26. The molecular weight excluding hydrogens is 338 g/mol. The maximum atomic E-state index is 12.3. The van der Waals surface area contributed by atoms with Crippen LogP contribution >= 0.6 is 0 Å². The van der Waals surface area contributed by atoms with Crippen molar-refractivity contribution >= 4 is 17.3 Å². The maximum absolute atomic E-state index is 12.3. The Morgan fingerprint density at radius 3 is 2.85 bits per heavy atom. The number of nitro groups is 1. The third-order valence-electron chi connectivity index (χ3n) is 4.06. The van der Waals surface area contributed by atoms with Gasteiger partial charge in [-0.1, -0.05) is 18.2 Å². The standard InChI is InChI=1S/C18H19N3O5/c1-12(18(22)20-13-5-4-6-14(9-13)21(23)24)19-10-15-11-25-16-7-2-3-8-17(16)26-15/h2-9,12,15,19H,10-11H2,1H3,(H,20,22)/p+1/t12-,15+/m0/s1. The Kier molecular flexibility index (Phi) is 5.33. The number of hydrogen-bond donors (Lipinski definition) is 2. The number of carbonyl (C=O) groups is 1. The Balaban J connectivity index is 1.50. The van der Waals surface area contributed by atoms with Crippen LogP contribution in [0.2, 0.25) is 0 Å². The van der Waals surface area contributed by atoms with Crippen molar-refractivity contribution in [1.82, 2.24) is 0 Å². The van der Waals surface area contributed by atoms with Gasteiger partial charge in [0.2, 0.25) is 0 Å². The first kappa shape index (κ1) is 17.7. The highest BCUT2D eigenvalue weighted by Crippen LogP contribution is 2.30. The quantitative estimate of drug-likeness (QED) is 0.598. The fourth-order valence-electron chi connectivity index (χ4n) is 2.60. The van der Waals surface area contributed by atoms with Crippen LogP contribution < -0.4 is 20.1 Å². The Morgan fingerprint density at radius 2 is 2.08 bits per heavy atom. The molecule has 0 unspecified atom stereocenters.